The first-order valence-corrected chi connectivity index (χ1v) is 8.25. The largest absolute Gasteiger partial charge is 0.316 e. The number of hydrogen-bond donors (Lipinski definition) is 1. The maximum atomic E-state index is 3.62. The van der Waals surface area contributed by atoms with E-state index in [9.17, 15) is 0 Å². The van der Waals surface area contributed by atoms with Gasteiger partial charge in [-0.1, -0.05) is 34.1 Å². The molecule has 1 nitrogen and oxygen atoms in total. The Morgan fingerprint density at radius 1 is 1.17 bits per heavy atom. The summed E-state index contributed by atoms with van der Waals surface area (Å²) in [6.07, 6.45) is 10.1. The van der Waals surface area contributed by atoms with Crippen molar-refractivity contribution in [1.29, 1.82) is 0 Å². The SMILES string of the molecule is CCCNCC1CC12CCC(C(C)(C)CC)CC2. The minimum Gasteiger partial charge on any atom is -0.316 e. The quantitative estimate of drug-likeness (QED) is 0.679. The fourth-order valence-corrected chi connectivity index (χ4v) is 4.05. The second kappa shape index (κ2) is 5.53. The lowest BCUT2D eigenvalue weighted by atomic mass is 9.66. The van der Waals surface area contributed by atoms with E-state index in [4.69, 9.17) is 0 Å². The Labute approximate surface area is 114 Å². The summed E-state index contributed by atoms with van der Waals surface area (Å²) >= 11 is 0. The van der Waals surface area contributed by atoms with Gasteiger partial charge in [-0.3, -0.25) is 0 Å². The third-order valence-electron chi connectivity index (χ3n) is 6.17. The van der Waals surface area contributed by atoms with E-state index in [0.29, 0.717) is 5.41 Å². The summed E-state index contributed by atoms with van der Waals surface area (Å²) < 4.78 is 0. The van der Waals surface area contributed by atoms with Crippen molar-refractivity contribution in [2.24, 2.45) is 22.7 Å². The highest BCUT2D eigenvalue weighted by Gasteiger charge is 2.54. The molecular formula is C17H33N. The van der Waals surface area contributed by atoms with Gasteiger partial charge in [0.05, 0.1) is 0 Å². The minimum atomic E-state index is 0.576. The molecule has 0 aromatic rings. The summed E-state index contributed by atoms with van der Waals surface area (Å²) in [6.45, 7) is 12.1. The van der Waals surface area contributed by atoms with Crippen LogP contribution in [-0.4, -0.2) is 13.1 Å². The molecule has 2 rings (SSSR count). The Bertz CT molecular complexity index is 261. The lowest BCUT2D eigenvalue weighted by Crippen LogP contribution is -2.30. The van der Waals surface area contributed by atoms with Gasteiger partial charge in [-0.25, -0.2) is 0 Å². The molecule has 2 aliphatic rings. The lowest BCUT2D eigenvalue weighted by molar-refractivity contribution is 0.115. The maximum absolute atomic E-state index is 3.62. The molecule has 106 valence electrons. The fraction of sp³-hybridized carbons (Fsp3) is 1.00. The second-order valence-corrected chi connectivity index (χ2v) is 7.58. The van der Waals surface area contributed by atoms with Crippen LogP contribution in [0.3, 0.4) is 0 Å². The van der Waals surface area contributed by atoms with E-state index in [-0.39, 0.29) is 0 Å². The average Bonchev–Trinajstić information content (AvgIpc) is 3.03. The van der Waals surface area contributed by atoms with Crippen LogP contribution in [0.15, 0.2) is 0 Å². The first-order valence-electron chi connectivity index (χ1n) is 8.25. The van der Waals surface area contributed by atoms with Crippen molar-refractivity contribution in [2.75, 3.05) is 13.1 Å². The van der Waals surface area contributed by atoms with E-state index >= 15 is 0 Å². The van der Waals surface area contributed by atoms with Crippen molar-refractivity contribution >= 4 is 0 Å². The van der Waals surface area contributed by atoms with Crippen LogP contribution in [0.2, 0.25) is 0 Å². The molecule has 0 aromatic heterocycles. The van der Waals surface area contributed by atoms with Crippen LogP contribution >= 0.6 is 0 Å². The first kappa shape index (κ1) is 14.4. The lowest BCUT2D eigenvalue weighted by Gasteiger charge is -2.39. The fourth-order valence-electron chi connectivity index (χ4n) is 4.05. The zero-order valence-corrected chi connectivity index (χ0v) is 13.0. The van der Waals surface area contributed by atoms with Crippen LogP contribution in [0.25, 0.3) is 0 Å². The van der Waals surface area contributed by atoms with Crippen LogP contribution in [0.5, 0.6) is 0 Å². The van der Waals surface area contributed by atoms with Gasteiger partial charge in [0.15, 0.2) is 0 Å². The Hall–Kier alpha value is -0.0400. The molecule has 2 fully saturated rings. The summed E-state index contributed by atoms with van der Waals surface area (Å²) in [5.41, 5.74) is 1.35. The Morgan fingerprint density at radius 2 is 1.83 bits per heavy atom. The van der Waals surface area contributed by atoms with E-state index < -0.39 is 0 Å². The maximum Gasteiger partial charge on any atom is -0.00150 e. The standard InChI is InChI=1S/C17H33N/c1-5-11-18-13-15-12-17(15)9-7-14(8-10-17)16(3,4)6-2/h14-15,18H,5-13H2,1-4H3. The number of rotatable bonds is 6. The molecule has 1 atom stereocenters. The highest BCUT2D eigenvalue weighted by molar-refractivity contribution is 5.05. The molecule has 18 heavy (non-hydrogen) atoms. The van der Waals surface area contributed by atoms with Gasteiger partial charge >= 0.3 is 0 Å². The normalized spacial score (nSPS) is 36.0. The van der Waals surface area contributed by atoms with E-state index in [1.165, 1.54) is 58.0 Å². The summed E-state index contributed by atoms with van der Waals surface area (Å²) in [5, 5.41) is 3.62. The summed E-state index contributed by atoms with van der Waals surface area (Å²) in [5.74, 6) is 1.99. The summed E-state index contributed by atoms with van der Waals surface area (Å²) in [6, 6.07) is 0. The Balaban J connectivity index is 1.75. The minimum absolute atomic E-state index is 0.576. The van der Waals surface area contributed by atoms with Gasteiger partial charge in [0, 0.05) is 0 Å². The summed E-state index contributed by atoms with van der Waals surface area (Å²) in [4.78, 5) is 0. The molecule has 0 bridgehead atoms. The molecule has 0 amide bonds. The zero-order valence-electron chi connectivity index (χ0n) is 13.0. The van der Waals surface area contributed by atoms with Crippen molar-refractivity contribution in [3.8, 4) is 0 Å². The van der Waals surface area contributed by atoms with Crippen molar-refractivity contribution < 1.29 is 0 Å². The molecule has 1 N–H and O–H groups in total. The van der Waals surface area contributed by atoms with Gasteiger partial charge in [0.2, 0.25) is 0 Å². The molecule has 0 heterocycles. The molecule has 2 saturated carbocycles. The van der Waals surface area contributed by atoms with Gasteiger partial charge < -0.3 is 5.32 Å². The first-order chi connectivity index (χ1) is 8.54. The molecular weight excluding hydrogens is 218 g/mol. The molecule has 1 spiro atoms. The second-order valence-electron chi connectivity index (χ2n) is 7.58. The monoisotopic (exact) mass is 251 g/mol. The van der Waals surface area contributed by atoms with Gasteiger partial charge in [0.25, 0.3) is 0 Å². The number of hydrogen-bond acceptors (Lipinski definition) is 1. The van der Waals surface area contributed by atoms with Gasteiger partial charge in [-0.2, -0.15) is 0 Å². The third-order valence-corrected chi connectivity index (χ3v) is 6.17. The molecule has 2 aliphatic carbocycles. The summed E-state index contributed by atoms with van der Waals surface area (Å²) in [7, 11) is 0. The van der Waals surface area contributed by atoms with Crippen LogP contribution in [0.1, 0.15) is 72.6 Å². The van der Waals surface area contributed by atoms with E-state index in [0.717, 1.165) is 17.3 Å². The van der Waals surface area contributed by atoms with Crippen molar-refractivity contribution in [3.63, 3.8) is 0 Å². The van der Waals surface area contributed by atoms with Crippen LogP contribution in [0, 0.1) is 22.7 Å². The molecule has 0 aliphatic heterocycles. The molecule has 0 aromatic carbocycles. The predicted octanol–water partition coefficient (Wildman–Crippen LogP) is 4.62. The van der Waals surface area contributed by atoms with E-state index in [2.05, 4.69) is 33.0 Å². The molecule has 0 saturated heterocycles. The highest BCUT2D eigenvalue weighted by atomic mass is 14.9. The third kappa shape index (κ3) is 2.92. The zero-order chi connectivity index (χ0) is 13.2. The van der Waals surface area contributed by atoms with Crippen LogP contribution < -0.4 is 5.32 Å². The number of nitrogens with one attached hydrogen (secondary N) is 1. The van der Waals surface area contributed by atoms with Crippen molar-refractivity contribution in [3.05, 3.63) is 0 Å². The van der Waals surface area contributed by atoms with Crippen LogP contribution in [0.4, 0.5) is 0 Å². The van der Waals surface area contributed by atoms with Gasteiger partial charge in [0.1, 0.15) is 0 Å². The van der Waals surface area contributed by atoms with E-state index in [1.54, 1.807) is 0 Å². The van der Waals surface area contributed by atoms with Gasteiger partial charge in [-0.15, -0.1) is 0 Å². The average molecular weight is 251 g/mol. The molecule has 1 unspecified atom stereocenters. The molecule has 0 radical (unpaired) electrons. The predicted molar refractivity (Wildman–Crippen MR) is 79.7 cm³/mol. The topological polar surface area (TPSA) is 12.0 Å². The van der Waals surface area contributed by atoms with Crippen molar-refractivity contribution in [1.82, 2.24) is 5.32 Å². The van der Waals surface area contributed by atoms with Crippen molar-refractivity contribution in [2.45, 2.75) is 72.6 Å². The Kier molecular flexibility index (Phi) is 4.41. The Morgan fingerprint density at radius 3 is 2.39 bits per heavy atom. The van der Waals surface area contributed by atoms with Crippen LogP contribution in [-0.2, 0) is 0 Å². The smallest absolute Gasteiger partial charge is 0.00150 e. The molecule has 1 heteroatoms. The highest BCUT2D eigenvalue weighted by Crippen LogP contribution is 2.63. The van der Waals surface area contributed by atoms with Gasteiger partial charge in [-0.05, 0) is 74.3 Å². The van der Waals surface area contributed by atoms with E-state index in [1.807, 2.05) is 0 Å².